The van der Waals surface area contributed by atoms with Gasteiger partial charge in [0.15, 0.2) is 6.10 Å². The molecule has 0 spiro atoms. The summed E-state index contributed by atoms with van der Waals surface area (Å²) in [5.74, 6) is -1.00. The van der Waals surface area contributed by atoms with Crippen LogP contribution in [0, 0.1) is 0 Å². The van der Waals surface area contributed by atoms with Crippen LogP contribution in [0.1, 0.15) is 213 Å². The Morgan fingerprint density at radius 3 is 1.17 bits per heavy atom. The van der Waals surface area contributed by atoms with Gasteiger partial charge in [-0.3, -0.25) is 14.4 Å². The van der Waals surface area contributed by atoms with Crippen molar-refractivity contribution >= 4 is 17.9 Å². The average molecular weight is 821 g/mol. The first-order chi connectivity index (χ1) is 29.0. The third-order valence-corrected chi connectivity index (χ3v) is 9.98. The summed E-state index contributed by atoms with van der Waals surface area (Å²) in [6, 6.07) is 0. The first-order valence-corrected chi connectivity index (χ1v) is 24.2. The molecule has 0 N–H and O–H groups in total. The molecule has 6 heteroatoms. The van der Waals surface area contributed by atoms with Crippen molar-refractivity contribution in [3.8, 4) is 0 Å². The average Bonchev–Trinajstić information content (AvgIpc) is 3.23. The molecule has 59 heavy (non-hydrogen) atoms. The molecule has 0 aliphatic rings. The van der Waals surface area contributed by atoms with E-state index in [1.165, 1.54) is 103 Å². The molecule has 0 rings (SSSR count). The largest absolute Gasteiger partial charge is 0.462 e. The van der Waals surface area contributed by atoms with Crippen LogP contribution < -0.4 is 0 Å². The lowest BCUT2D eigenvalue weighted by molar-refractivity contribution is -0.167. The number of carbonyl (C=O) groups excluding carboxylic acids is 3. The topological polar surface area (TPSA) is 78.9 Å². The third kappa shape index (κ3) is 45.5. The Bertz CT molecular complexity index is 1170. The van der Waals surface area contributed by atoms with E-state index in [1.807, 2.05) is 54.7 Å². The highest BCUT2D eigenvalue weighted by Gasteiger charge is 2.19. The third-order valence-electron chi connectivity index (χ3n) is 9.98. The number of hydrogen-bond donors (Lipinski definition) is 0. The van der Waals surface area contributed by atoms with E-state index in [1.54, 1.807) is 0 Å². The predicted molar refractivity (Wildman–Crippen MR) is 251 cm³/mol. The van der Waals surface area contributed by atoms with Gasteiger partial charge in [0, 0.05) is 19.3 Å². The lowest BCUT2D eigenvalue weighted by Gasteiger charge is -2.18. The van der Waals surface area contributed by atoms with Crippen molar-refractivity contribution in [3.63, 3.8) is 0 Å². The molecular weight excluding hydrogens is 733 g/mol. The van der Waals surface area contributed by atoms with Crippen LogP contribution >= 0.6 is 0 Å². The molecule has 0 aromatic heterocycles. The smallest absolute Gasteiger partial charge is 0.306 e. The van der Waals surface area contributed by atoms with Gasteiger partial charge in [0.1, 0.15) is 13.2 Å². The van der Waals surface area contributed by atoms with Crippen molar-refractivity contribution in [2.45, 2.75) is 219 Å². The minimum absolute atomic E-state index is 0.111. The molecule has 6 nitrogen and oxygen atoms in total. The summed E-state index contributed by atoms with van der Waals surface area (Å²) in [6.07, 6.45) is 60.0. The zero-order valence-corrected chi connectivity index (χ0v) is 38.2. The maximum atomic E-state index is 12.7. The summed E-state index contributed by atoms with van der Waals surface area (Å²) < 4.78 is 16.7. The predicted octanol–water partition coefficient (Wildman–Crippen LogP) is 15.6. The molecule has 0 fully saturated rings. The number of unbranched alkanes of at least 4 members (excludes halogenated alkanes) is 21. The Morgan fingerprint density at radius 1 is 0.356 bits per heavy atom. The molecule has 0 saturated carbocycles. The highest BCUT2D eigenvalue weighted by Crippen LogP contribution is 2.13. The lowest BCUT2D eigenvalue weighted by Crippen LogP contribution is -2.30. The van der Waals surface area contributed by atoms with Gasteiger partial charge in [0.25, 0.3) is 0 Å². The Kier molecular flexibility index (Phi) is 44.5. The number of allylic oxidation sites excluding steroid dienone is 14. The molecule has 336 valence electrons. The summed E-state index contributed by atoms with van der Waals surface area (Å²) >= 11 is 0. The van der Waals surface area contributed by atoms with Crippen molar-refractivity contribution in [1.82, 2.24) is 0 Å². The number of hydrogen-bond acceptors (Lipinski definition) is 6. The van der Waals surface area contributed by atoms with E-state index in [0.29, 0.717) is 19.3 Å². The molecule has 0 amide bonds. The summed E-state index contributed by atoms with van der Waals surface area (Å²) in [6.45, 7) is 6.36. The molecule has 0 bridgehead atoms. The van der Waals surface area contributed by atoms with Gasteiger partial charge in [-0.1, -0.05) is 202 Å². The van der Waals surface area contributed by atoms with Gasteiger partial charge in [0.05, 0.1) is 0 Å². The van der Waals surface area contributed by atoms with Gasteiger partial charge in [-0.05, 0) is 77.0 Å². The minimum Gasteiger partial charge on any atom is -0.462 e. The van der Waals surface area contributed by atoms with Crippen molar-refractivity contribution in [2.75, 3.05) is 13.2 Å². The Hall–Kier alpha value is -3.41. The van der Waals surface area contributed by atoms with Crippen LogP contribution in [0.4, 0.5) is 0 Å². The highest BCUT2D eigenvalue weighted by atomic mass is 16.6. The Labute approximate surface area is 363 Å². The molecule has 0 heterocycles. The molecule has 0 aliphatic heterocycles. The van der Waals surface area contributed by atoms with E-state index < -0.39 is 6.10 Å². The van der Waals surface area contributed by atoms with E-state index in [4.69, 9.17) is 14.2 Å². The zero-order valence-electron chi connectivity index (χ0n) is 38.2. The van der Waals surface area contributed by atoms with E-state index in [2.05, 4.69) is 51.2 Å². The molecule has 1 unspecified atom stereocenters. The monoisotopic (exact) mass is 821 g/mol. The first-order valence-electron chi connectivity index (χ1n) is 24.2. The number of esters is 3. The van der Waals surface area contributed by atoms with Crippen LogP contribution in [0.2, 0.25) is 0 Å². The van der Waals surface area contributed by atoms with Crippen molar-refractivity contribution in [1.29, 1.82) is 0 Å². The Morgan fingerprint density at radius 2 is 0.712 bits per heavy atom. The van der Waals surface area contributed by atoms with Crippen LogP contribution in [-0.4, -0.2) is 37.2 Å². The zero-order chi connectivity index (χ0) is 43.0. The molecule has 0 aromatic carbocycles. The van der Waals surface area contributed by atoms with E-state index in [-0.39, 0.29) is 37.5 Å². The standard InChI is InChI=1S/C53H88O6/c1-4-7-10-13-16-19-22-24-25-26-27-29-31-34-37-40-43-46-52(55)58-49-50(48-57-51(54)45-42-39-36-33-30-21-18-15-12-9-6-3)59-53(56)47-44-41-38-35-32-28-23-20-17-14-11-8-5-2/h8,11,14-15,17-18,20,23-25,28,32,35,38,50H,4-7,9-10,12-13,16,19,21-22,26-27,29-31,33-34,36-37,39-49H2,1-3H3/b11-8-,17-14-,18-15-,23-20-,25-24-,32-28-,38-35-. The van der Waals surface area contributed by atoms with Gasteiger partial charge in [-0.25, -0.2) is 0 Å². The fourth-order valence-corrected chi connectivity index (χ4v) is 6.33. The van der Waals surface area contributed by atoms with E-state index in [0.717, 1.165) is 64.2 Å². The number of rotatable bonds is 42. The van der Waals surface area contributed by atoms with Crippen LogP contribution in [0.5, 0.6) is 0 Å². The van der Waals surface area contributed by atoms with Gasteiger partial charge in [0.2, 0.25) is 0 Å². The molecule has 0 saturated heterocycles. The summed E-state index contributed by atoms with van der Waals surface area (Å²) in [4.78, 5) is 37.8. The van der Waals surface area contributed by atoms with Crippen molar-refractivity contribution in [3.05, 3.63) is 85.1 Å². The number of carbonyl (C=O) groups is 3. The summed E-state index contributed by atoms with van der Waals surface area (Å²) in [5, 5.41) is 0. The first kappa shape index (κ1) is 55.6. The second kappa shape index (κ2) is 47.3. The maximum absolute atomic E-state index is 12.7. The highest BCUT2D eigenvalue weighted by molar-refractivity contribution is 5.71. The lowest BCUT2D eigenvalue weighted by atomic mass is 10.1. The second-order valence-corrected chi connectivity index (χ2v) is 15.8. The van der Waals surface area contributed by atoms with Crippen LogP contribution in [-0.2, 0) is 28.6 Å². The summed E-state index contributed by atoms with van der Waals surface area (Å²) in [7, 11) is 0. The van der Waals surface area contributed by atoms with Gasteiger partial charge in [-0.15, -0.1) is 0 Å². The van der Waals surface area contributed by atoms with Crippen LogP contribution in [0.3, 0.4) is 0 Å². The molecule has 1 atom stereocenters. The van der Waals surface area contributed by atoms with E-state index >= 15 is 0 Å². The normalized spacial score (nSPS) is 12.8. The van der Waals surface area contributed by atoms with Crippen LogP contribution in [0.25, 0.3) is 0 Å². The quantitative estimate of drug-likeness (QED) is 0.0201. The summed E-state index contributed by atoms with van der Waals surface area (Å²) in [5.41, 5.74) is 0. The molecule has 0 aliphatic carbocycles. The minimum atomic E-state index is -0.817. The van der Waals surface area contributed by atoms with Gasteiger partial charge >= 0.3 is 17.9 Å². The second-order valence-electron chi connectivity index (χ2n) is 15.8. The van der Waals surface area contributed by atoms with Gasteiger partial charge in [-0.2, -0.15) is 0 Å². The van der Waals surface area contributed by atoms with Crippen molar-refractivity contribution in [2.24, 2.45) is 0 Å². The van der Waals surface area contributed by atoms with E-state index in [9.17, 15) is 14.4 Å². The Balaban J connectivity index is 4.47. The van der Waals surface area contributed by atoms with Crippen LogP contribution in [0.15, 0.2) is 85.1 Å². The maximum Gasteiger partial charge on any atom is 0.306 e. The molecular formula is C53H88O6. The molecule has 0 aromatic rings. The molecule has 0 radical (unpaired) electrons. The fourth-order valence-electron chi connectivity index (χ4n) is 6.33. The fraction of sp³-hybridized carbons (Fsp3) is 0.679. The van der Waals surface area contributed by atoms with Gasteiger partial charge < -0.3 is 14.2 Å². The SMILES string of the molecule is CC\C=C/C=C\C=C/C=C\C=C/CCCC(=O)OC(COC(=O)CCCCCCC/C=C\CCCC)COC(=O)CCCCCCCCC/C=C\CCCCCCCC. The van der Waals surface area contributed by atoms with Crippen molar-refractivity contribution < 1.29 is 28.6 Å². The number of ether oxygens (including phenoxy) is 3.